The van der Waals surface area contributed by atoms with Crippen molar-refractivity contribution in [2.45, 2.75) is 57.5 Å². The van der Waals surface area contributed by atoms with Crippen LogP contribution in [0.15, 0.2) is 115 Å². The summed E-state index contributed by atoms with van der Waals surface area (Å²) in [5.41, 5.74) is 6.50. The smallest absolute Gasteiger partial charge is 0.157 e. The Labute approximate surface area is 258 Å². The van der Waals surface area contributed by atoms with Crippen molar-refractivity contribution in [3.63, 3.8) is 0 Å². The molecule has 3 aliphatic rings. The van der Waals surface area contributed by atoms with Gasteiger partial charge in [-0.3, -0.25) is 0 Å². The molecule has 1 saturated carbocycles. The molecule has 1 heterocycles. The maximum Gasteiger partial charge on any atom is 0.157 e. The van der Waals surface area contributed by atoms with E-state index in [2.05, 4.69) is 162 Å². The third-order valence-electron chi connectivity index (χ3n) is 10.6. The summed E-state index contributed by atoms with van der Waals surface area (Å²) in [5, 5.41) is 16.5. The average molecular weight is 582 g/mol. The van der Waals surface area contributed by atoms with Gasteiger partial charge in [-0.2, -0.15) is 0 Å². The first-order valence-corrected chi connectivity index (χ1v) is 17.9. The number of aromatic hydroxyl groups is 1. The van der Waals surface area contributed by atoms with E-state index in [4.69, 9.17) is 0 Å². The fourth-order valence-corrected chi connectivity index (χ4v) is 15.3. The van der Waals surface area contributed by atoms with Gasteiger partial charge in [0.25, 0.3) is 0 Å². The second kappa shape index (κ2) is 10.1. The van der Waals surface area contributed by atoms with Crippen LogP contribution in [0.3, 0.4) is 0 Å². The fourth-order valence-electron chi connectivity index (χ4n) is 8.99. The highest BCUT2D eigenvalue weighted by Crippen LogP contribution is 2.63. The van der Waals surface area contributed by atoms with Gasteiger partial charge in [0.1, 0.15) is 5.75 Å². The Morgan fingerprint density at radius 3 is 1.93 bits per heavy atom. The molecule has 1 aliphatic heterocycles. The average Bonchev–Trinajstić information content (AvgIpc) is 3.48. The number of aryl methyl sites for hydroxylation is 2. The number of rotatable bonds is 4. The van der Waals surface area contributed by atoms with Gasteiger partial charge in [0, 0.05) is 30.6 Å². The van der Waals surface area contributed by atoms with E-state index in [1.54, 1.807) is 0 Å². The summed E-state index contributed by atoms with van der Waals surface area (Å²) in [5.74, 6) is 1.56. The molecule has 0 radical (unpaired) electrons. The summed E-state index contributed by atoms with van der Waals surface area (Å²) in [7, 11) is -0.642. The monoisotopic (exact) mass is 581 g/mol. The summed E-state index contributed by atoms with van der Waals surface area (Å²) in [6.07, 6.45) is 9.52. The second-order valence-corrected chi connectivity index (χ2v) is 18.1. The molecule has 1 fully saturated rings. The maximum absolute atomic E-state index is 12.6. The van der Waals surface area contributed by atoms with Crippen LogP contribution in [-0.2, 0) is 5.41 Å². The van der Waals surface area contributed by atoms with E-state index in [9.17, 15) is 5.11 Å². The highest BCUT2D eigenvalue weighted by Gasteiger charge is 2.64. The molecule has 0 saturated heterocycles. The van der Waals surface area contributed by atoms with Crippen LogP contribution in [0.2, 0.25) is 5.54 Å². The first kappa shape index (κ1) is 28.0. The summed E-state index contributed by atoms with van der Waals surface area (Å²) in [6, 6.07) is 34.5. The molecule has 4 aromatic rings. The minimum Gasteiger partial charge on any atom is -0.508 e. The molecule has 2 aliphatic carbocycles. The van der Waals surface area contributed by atoms with Crippen LogP contribution >= 0.6 is 0 Å². The van der Waals surface area contributed by atoms with E-state index in [1.807, 2.05) is 0 Å². The molecule has 0 amide bonds. The number of anilines is 1. The van der Waals surface area contributed by atoms with Crippen molar-refractivity contribution >= 4 is 29.3 Å². The predicted molar refractivity (Wildman–Crippen MR) is 184 cm³/mol. The van der Waals surface area contributed by atoms with E-state index in [-0.39, 0.29) is 5.41 Å². The zero-order chi connectivity index (χ0) is 30.1. The van der Waals surface area contributed by atoms with Gasteiger partial charge in [-0.15, -0.1) is 0 Å². The zero-order valence-electron chi connectivity index (χ0n) is 26.3. The van der Waals surface area contributed by atoms with E-state index in [0.29, 0.717) is 35.1 Å². The quantitative estimate of drug-likeness (QED) is 0.205. The molecule has 2 nitrogen and oxygen atoms in total. The van der Waals surface area contributed by atoms with Crippen molar-refractivity contribution in [1.82, 2.24) is 0 Å². The van der Waals surface area contributed by atoms with Crippen molar-refractivity contribution in [1.29, 1.82) is 0 Å². The molecule has 5 atom stereocenters. The lowest BCUT2D eigenvalue weighted by atomic mass is 9.85. The van der Waals surface area contributed by atoms with Crippen LogP contribution in [0.1, 0.15) is 48.9 Å². The van der Waals surface area contributed by atoms with Gasteiger partial charge in [-0.25, -0.2) is 0 Å². The molecular formula is C40H43NOSi. The van der Waals surface area contributed by atoms with Gasteiger partial charge in [-0.1, -0.05) is 141 Å². The lowest BCUT2D eigenvalue weighted by Gasteiger charge is -2.45. The molecule has 5 unspecified atom stereocenters. The van der Waals surface area contributed by atoms with Gasteiger partial charge in [0.2, 0.25) is 0 Å². The first-order chi connectivity index (χ1) is 20.6. The molecule has 0 bridgehead atoms. The standard InChI is InChI=1S/C40H43NOSi/c1-26-21-22-34-32(23-26)36-37(41(34)6)30-19-13-14-20-31(30)39(36)43(28-15-9-7-10-16-28,29-17-11-8-12-18-29)35-25-27(2)24-33(38(35)42)40(3,4)5/h7-25,30-31,36-37,39,42H,1-6H3. The van der Waals surface area contributed by atoms with Crippen molar-refractivity contribution in [3.8, 4) is 5.75 Å². The Hall–Kier alpha value is -3.82. The number of benzene rings is 4. The number of phenols is 1. The largest absolute Gasteiger partial charge is 0.508 e. The van der Waals surface area contributed by atoms with Gasteiger partial charge in [0.15, 0.2) is 8.07 Å². The summed E-state index contributed by atoms with van der Waals surface area (Å²) >= 11 is 0. The number of likely N-dealkylation sites (N-methyl/N-ethyl adjacent to an activating group) is 1. The molecule has 3 heteroatoms. The minimum absolute atomic E-state index is 0.191. The first-order valence-electron chi connectivity index (χ1n) is 15.8. The number of hydrogen-bond acceptors (Lipinski definition) is 2. The van der Waals surface area contributed by atoms with Gasteiger partial charge < -0.3 is 10.0 Å². The Balaban J connectivity index is 1.65. The van der Waals surface area contributed by atoms with E-state index in [1.165, 1.54) is 32.8 Å². The number of allylic oxidation sites excluding steroid dienone is 3. The van der Waals surface area contributed by atoms with Crippen molar-refractivity contribution in [3.05, 3.63) is 138 Å². The SMILES string of the molecule is Cc1ccc2c(c1)C1C(C3C=CC=CC3C1[Si](c1ccccc1)(c1ccccc1)c1cc(C)cc(C(C)(C)C)c1O)N2C. The highest BCUT2D eigenvalue weighted by molar-refractivity contribution is 7.13. The molecule has 1 N–H and O–H groups in total. The molecule has 0 spiro atoms. The number of hydrogen-bond donors (Lipinski definition) is 1. The molecule has 218 valence electrons. The Morgan fingerprint density at radius 2 is 1.33 bits per heavy atom. The maximum atomic E-state index is 12.6. The number of phenolic OH excluding ortho intramolecular Hbond substituents is 1. The predicted octanol–water partition coefficient (Wildman–Crippen LogP) is 7.12. The fraction of sp³-hybridized carbons (Fsp3) is 0.300. The lowest BCUT2D eigenvalue weighted by Crippen LogP contribution is -2.71. The third kappa shape index (κ3) is 4.12. The van der Waals surface area contributed by atoms with Crippen LogP contribution < -0.4 is 20.5 Å². The van der Waals surface area contributed by atoms with Crippen LogP contribution in [0.4, 0.5) is 5.69 Å². The molecule has 4 aromatic carbocycles. The Morgan fingerprint density at radius 1 is 0.721 bits per heavy atom. The number of fused-ring (bicyclic) bond motifs is 5. The molecule has 0 aromatic heterocycles. The molecule has 7 rings (SSSR count). The van der Waals surface area contributed by atoms with Crippen LogP contribution in [0.5, 0.6) is 5.75 Å². The Bertz CT molecular complexity index is 1690. The topological polar surface area (TPSA) is 23.5 Å². The van der Waals surface area contributed by atoms with E-state index in [0.717, 1.165) is 10.8 Å². The van der Waals surface area contributed by atoms with Gasteiger partial charge in [0.05, 0.1) is 0 Å². The third-order valence-corrected chi connectivity index (χ3v) is 16.1. The van der Waals surface area contributed by atoms with Gasteiger partial charge >= 0.3 is 0 Å². The van der Waals surface area contributed by atoms with Crippen LogP contribution in [0.25, 0.3) is 0 Å². The lowest BCUT2D eigenvalue weighted by molar-refractivity contribution is 0.449. The minimum atomic E-state index is -2.95. The van der Waals surface area contributed by atoms with Crippen LogP contribution in [0, 0.1) is 25.7 Å². The zero-order valence-corrected chi connectivity index (χ0v) is 27.3. The van der Waals surface area contributed by atoms with Gasteiger partial charge in [-0.05, 0) is 63.5 Å². The van der Waals surface area contributed by atoms with Crippen molar-refractivity contribution in [2.24, 2.45) is 11.8 Å². The van der Waals surface area contributed by atoms with Crippen LogP contribution in [-0.4, -0.2) is 26.3 Å². The van der Waals surface area contributed by atoms with Crippen molar-refractivity contribution in [2.75, 3.05) is 11.9 Å². The summed E-state index contributed by atoms with van der Waals surface area (Å²) < 4.78 is 0. The molecular weight excluding hydrogens is 539 g/mol. The normalized spacial score (nSPS) is 24.1. The van der Waals surface area contributed by atoms with E-state index < -0.39 is 8.07 Å². The van der Waals surface area contributed by atoms with Crippen molar-refractivity contribution < 1.29 is 5.11 Å². The summed E-state index contributed by atoms with van der Waals surface area (Å²) in [6.45, 7) is 11.1. The Kier molecular flexibility index (Phi) is 6.59. The summed E-state index contributed by atoms with van der Waals surface area (Å²) in [4.78, 5) is 2.58. The second-order valence-electron chi connectivity index (χ2n) is 14.1. The molecule has 43 heavy (non-hydrogen) atoms. The number of nitrogens with zero attached hydrogens (tertiary/aromatic N) is 1. The highest BCUT2D eigenvalue weighted by atomic mass is 28.3. The van der Waals surface area contributed by atoms with E-state index >= 15 is 0 Å².